The minimum absolute atomic E-state index is 0.0929. The summed E-state index contributed by atoms with van der Waals surface area (Å²) in [5.74, 6) is -2.20. The maximum Gasteiger partial charge on any atom is 0.264 e. The molecule has 0 saturated heterocycles. The zero-order valence-electron chi connectivity index (χ0n) is 14.8. The van der Waals surface area contributed by atoms with Crippen molar-refractivity contribution in [1.82, 2.24) is 0 Å². The first-order valence-corrected chi connectivity index (χ1v) is 9.64. The van der Waals surface area contributed by atoms with E-state index in [1.807, 2.05) is 0 Å². The number of ether oxygens (including phenoxy) is 1. The molecule has 0 atom stereocenters. The standard InChI is InChI=1S/C18H18F2N2O4S/c1-11(23)21-16-9-13(5-6-18(16)26-2)27(24,25)22-7-3-4-12-8-14(19)15(20)10-17(12)22/h5-6,8-10H,3-4,7H2,1-2H3,(H,21,23). The van der Waals surface area contributed by atoms with Crippen LogP contribution in [0.1, 0.15) is 18.9 Å². The lowest BCUT2D eigenvalue weighted by Gasteiger charge is -2.30. The molecule has 1 N–H and O–H groups in total. The molecule has 1 heterocycles. The largest absolute Gasteiger partial charge is 0.495 e. The average molecular weight is 396 g/mol. The molecule has 1 aliphatic heterocycles. The Kier molecular flexibility index (Phi) is 5.05. The van der Waals surface area contributed by atoms with Gasteiger partial charge in [0.1, 0.15) is 5.75 Å². The van der Waals surface area contributed by atoms with Crippen molar-refractivity contribution in [2.75, 3.05) is 23.3 Å². The summed E-state index contributed by atoms with van der Waals surface area (Å²) in [4.78, 5) is 11.3. The number of rotatable bonds is 4. The van der Waals surface area contributed by atoms with Gasteiger partial charge < -0.3 is 10.1 Å². The Balaban J connectivity index is 2.08. The number of aryl methyl sites for hydroxylation is 1. The van der Waals surface area contributed by atoms with Gasteiger partial charge in [0.25, 0.3) is 10.0 Å². The first kappa shape index (κ1) is 19.1. The molecule has 27 heavy (non-hydrogen) atoms. The minimum Gasteiger partial charge on any atom is -0.495 e. The second-order valence-corrected chi connectivity index (χ2v) is 7.98. The minimum atomic E-state index is -4.05. The number of halogens is 2. The van der Waals surface area contributed by atoms with Crippen molar-refractivity contribution in [1.29, 1.82) is 0 Å². The van der Waals surface area contributed by atoms with Crippen LogP contribution in [0.5, 0.6) is 5.75 Å². The summed E-state index contributed by atoms with van der Waals surface area (Å²) < 4.78 is 59.7. The number of anilines is 2. The lowest BCUT2D eigenvalue weighted by Crippen LogP contribution is -2.35. The topological polar surface area (TPSA) is 75.7 Å². The molecule has 0 unspecified atom stereocenters. The van der Waals surface area contributed by atoms with Crippen LogP contribution in [-0.2, 0) is 21.2 Å². The van der Waals surface area contributed by atoms with E-state index in [-0.39, 0.29) is 28.7 Å². The molecular weight excluding hydrogens is 378 g/mol. The lowest BCUT2D eigenvalue weighted by molar-refractivity contribution is -0.114. The van der Waals surface area contributed by atoms with E-state index < -0.39 is 21.7 Å². The van der Waals surface area contributed by atoms with Gasteiger partial charge in [0, 0.05) is 19.5 Å². The van der Waals surface area contributed by atoms with Gasteiger partial charge in [-0.2, -0.15) is 0 Å². The van der Waals surface area contributed by atoms with Gasteiger partial charge in [0.15, 0.2) is 11.6 Å². The molecule has 0 aromatic heterocycles. The quantitative estimate of drug-likeness (QED) is 0.862. The first-order chi connectivity index (χ1) is 12.7. The molecule has 2 aromatic carbocycles. The van der Waals surface area contributed by atoms with Gasteiger partial charge in [-0.15, -0.1) is 0 Å². The van der Waals surface area contributed by atoms with Crippen LogP contribution >= 0.6 is 0 Å². The predicted molar refractivity (Wildman–Crippen MR) is 96.5 cm³/mol. The van der Waals surface area contributed by atoms with Gasteiger partial charge in [-0.25, -0.2) is 17.2 Å². The van der Waals surface area contributed by atoms with Gasteiger partial charge >= 0.3 is 0 Å². The fraction of sp³-hybridized carbons (Fsp3) is 0.278. The van der Waals surface area contributed by atoms with Crippen molar-refractivity contribution in [2.45, 2.75) is 24.7 Å². The normalized spacial score (nSPS) is 13.9. The van der Waals surface area contributed by atoms with Crippen LogP contribution in [0, 0.1) is 11.6 Å². The Labute approximate surface area is 155 Å². The lowest BCUT2D eigenvalue weighted by atomic mass is 10.0. The molecule has 2 aromatic rings. The molecule has 3 rings (SSSR count). The van der Waals surface area contributed by atoms with E-state index >= 15 is 0 Å². The van der Waals surface area contributed by atoms with Crippen molar-refractivity contribution in [3.8, 4) is 5.75 Å². The highest BCUT2D eigenvalue weighted by Gasteiger charge is 2.31. The van der Waals surface area contributed by atoms with E-state index in [1.165, 1.54) is 32.2 Å². The first-order valence-electron chi connectivity index (χ1n) is 8.20. The fourth-order valence-electron chi connectivity index (χ4n) is 3.06. The number of nitrogens with one attached hydrogen (secondary N) is 1. The molecule has 1 amide bonds. The summed E-state index contributed by atoms with van der Waals surface area (Å²) >= 11 is 0. The number of nitrogens with zero attached hydrogens (tertiary/aromatic N) is 1. The number of amides is 1. The van der Waals surface area contributed by atoms with Gasteiger partial charge in [-0.3, -0.25) is 9.10 Å². The molecule has 0 bridgehead atoms. The van der Waals surface area contributed by atoms with E-state index in [4.69, 9.17) is 4.74 Å². The van der Waals surface area contributed by atoms with Gasteiger partial charge in [-0.05, 0) is 42.7 Å². The second-order valence-electron chi connectivity index (χ2n) is 6.12. The molecule has 1 aliphatic rings. The van der Waals surface area contributed by atoms with E-state index in [2.05, 4.69) is 5.32 Å². The Hall–Kier alpha value is -2.68. The van der Waals surface area contributed by atoms with Crippen LogP contribution in [0.15, 0.2) is 35.2 Å². The molecule has 0 aliphatic carbocycles. The number of fused-ring (bicyclic) bond motifs is 1. The van der Waals surface area contributed by atoms with E-state index in [1.54, 1.807) is 0 Å². The monoisotopic (exact) mass is 396 g/mol. The number of hydrogen-bond acceptors (Lipinski definition) is 4. The number of sulfonamides is 1. The fourth-order valence-corrected chi connectivity index (χ4v) is 4.61. The summed E-state index contributed by atoms with van der Waals surface area (Å²) in [6.07, 6.45) is 0.935. The van der Waals surface area contributed by atoms with Gasteiger partial charge in [0.2, 0.25) is 5.91 Å². The van der Waals surface area contributed by atoms with Crippen LogP contribution in [0.4, 0.5) is 20.2 Å². The summed E-state index contributed by atoms with van der Waals surface area (Å²) in [6.45, 7) is 1.43. The number of methoxy groups -OCH3 is 1. The summed E-state index contributed by atoms with van der Waals surface area (Å²) in [5.41, 5.74) is 0.755. The van der Waals surface area contributed by atoms with Crippen molar-refractivity contribution in [3.63, 3.8) is 0 Å². The number of carbonyl (C=O) groups excluding carboxylic acids is 1. The third kappa shape index (κ3) is 3.59. The molecule has 0 radical (unpaired) electrons. The van der Waals surface area contributed by atoms with E-state index in [9.17, 15) is 22.0 Å². The van der Waals surface area contributed by atoms with Gasteiger partial charge in [-0.1, -0.05) is 0 Å². The average Bonchev–Trinajstić information content (AvgIpc) is 2.61. The maximum atomic E-state index is 13.7. The number of carbonyl (C=O) groups is 1. The molecule has 144 valence electrons. The van der Waals surface area contributed by atoms with Crippen LogP contribution in [0.2, 0.25) is 0 Å². The zero-order valence-corrected chi connectivity index (χ0v) is 15.6. The van der Waals surface area contributed by atoms with Crippen LogP contribution in [0.25, 0.3) is 0 Å². The molecule has 9 heteroatoms. The van der Waals surface area contributed by atoms with Crippen LogP contribution in [-0.4, -0.2) is 28.0 Å². The van der Waals surface area contributed by atoms with Crippen LogP contribution < -0.4 is 14.4 Å². The summed E-state index contributed by atoms with van der Waals surface area (Å²) in [6, 6.07) is 5.98. The SMILES string of the molecule is COc1ccc(S(=O)(=O)N2CCCc3cc(F)c(F)cc32)cc1NC(C)=O. The predicted octanol–water partition coefficient (Wildman–Crippen LogP) is 3.07. The molecule has 0 spiro atoms. The van der Waals surface area contributed by atoms with Gasteiger partial charge in [0.05, 0.1) is 23.4 Å². The van der Waals surface area contributed by atoms with Crippen molar-refractivity contribution in [3.05, 3.63) is 47.5 Å². The van der Waals surface area contributed by atoms with Crippen molar-refractivity contribution >= 4 is 27.3 Å². The number of benzene rings is 2. The van der Waals surface area contributed by atoms with E-state index in [0.29, 0.717) is 24.2 Å². The smallest absolute Gasteiger partial charge is 0.264 e. The third-order valence-electron chi connectivity index (χ3n) is 4.27. The Morgan fingerprint density at radius 3 is 2.56 bits per heavy atom. The van der Waals surface area contributed by atoms with Crippen LogP contribution in [0.3, 0.4) is 0 Å². The summed E-state index contributed by atoms with van der Waals surface area (Å²) in [7, 11) is -2.66. The molecule has 6 nitrogen and oxygen atoms in total. The maximum absolute atomic E-state index is 13.7. The second kappa shape index (κ2) is 7.15. The molecule has 0 fully saturated rings. The highest BCUT2D eigenvalue weighted by atomic mass is 32.2. The molecule has 0 saturated carbocycles. The Bertz CT molecular complexity index is 1010. The highest BCUT2D eigenvalue weighted by molar-refractivity contribution is 7.92. The Morgan fingerprint density at radius 2 is 1.89 bits per heavy atom. The van der Waals surface area contributed by atoms with Crippen molar-refractivity contribution in [2.24, 2.45) is 0 Å². The Morgan fingerprint density at radius 1 is 1.19 bits per heavy atom. The third-order valence-corrected chi connectivity index (χ3v) is 6.08. The molecular formula is C18H18F2N2O4S. The summed E-state index contributed by atoms with van der Waals surface area (Å²) in [5, 5.41) is 2.52. The zero-order chi connectivity index (χ0) is 19.8. The number of hydrogen-bond donors (Lipinski definition) is 1. The van der Waals surface area contributed by atoms with E-state index in [0.717, 1.165) is 16.4 Å². The van der Waals surface area contributed by atoms with Crippen molar-refractivity contribution < 1.29 is 26.7 Å². The highest BCUT2D eigenvalue weighted by Crippen LogP contribution is 2.35.